The maximum Gasteiger partial charge on any atom is 0.256 e. The lowest BCUT2D eigenvalue weighted by molar-refractivity contribution is 0.208. The van der Waals surface area contributed by atoms with E-state index < -0.39 is 10.0 Å². The van der Waals surface area contributed by atoms with Gasteiger partial charge in [0, 0.05) is 50.5 Å². The molecule has 8 nitrogen and oxygen atoms in total. The van der Waals surface area contributed by atoms with Crippen LogP contribution in [-0.4, -0.2) is 54.4 Å². The van der Waals surface area contributed by atoms with Gasteiger partial charge < -0.3 is 14.4 Å². The molecule has 0 aliphatic carbocycles. The number of aliphatic hydroxyl groups excluding tert-OH is 1. The first kappa shape index (κ1) is 26.6. The summed E-state index contributed by atoms with van der Waals surface area (Å²) in [6.45, 7) is 5.63. The lowest BCUT2D eigenvalue weighted by Crippen LogP contribution is -2.38. The SMILES string of the molecule is CCCOc1ccc(S(=O)(=O)N2CCC(CCO)CC2)cc1C1=Nc2c(CCC)cn(C)c(=O)c2C1. The van der Waals surface area contributed by atoms with Crippen LogP contribution in [0.5, 0.6) is 5.75 Å². The molecule has 1 fully saturated rings. The van der Waals surface area contributed by atoms with E-state index in [4.69, 9.17) is 9.73 Å². The zero-order valence-corrected chi connectivity index (χ0v) is 22.3. The standard InChI is InChI=1S/C27H37N3O5S/c1-4-6-20-18-29(3)27(32)23-17-24(28-26(20)23)22-16-21(7-8-25(22)35-15-5-2)36(33,34)30-12-9-19(10-13-30)11-14-31/h7-8,16,18-19,31H,4-6,9-15,17H2,1-3H3. The highest BCUT2D eigenvalue weighted by atomic mass is 32.2. The number of piperidine rings is 1. The number of aryl methyl sites for hydroxylation is 2. The van der Waals surface area contributed by atoms with Crippen LogP contribution < -0.4 is 10.3 Å². The number of benzene rings is 1. The van der Waals surface area contributed by atoms with E-state index in [0.717, 1.165) is 43.4 Å². The molecule has 36 heavy (non-hydrogen) atoms. The fourth-order valence-electron chi connectivity index (χ4n) is 5.11. The molecule has 9 heteroatoms. The number of aliphatic imine (C=N–C) groups is 1. The molecule has 0 atom stereocenters. The minimum Gasteiger partial charge on any atom is -0.493 e. The number of sulfonamides is 1. The highest BCUT2D eigenvalue weighted by molar-refractivity contribution is 7.89. The summed E-state index contributed by atoms with van der Waals surface area (Å²) in [6.07, 6.45) is 6.96. The number of aliphatic hydroxyl groups is 1. The first-order valence-corrected chi connectivity index (χ1v) is 14.4. The van der Waals surface area contributed by atoms with E-state index >= 15 is 0 Å². The predicted molar refractivity (Wildman–Crippen MR) is 141 cm³/mol. The molecule has 2 aliphatic rings. The summed E-state index contributed by atoms with van der Waals surface area (Å²) in [5.74, 6) is 0.936. The van der Waals surface area contributed by atoms with Crippen LogP contribution >= 0.6 is 0 Å². The van der Waals surface area contributed by atoms with Crippen LogP contribution in [0.4, 0.5) is 5.69 Å². The smallest absolute Gasteiger partial charge is 0.256 e. The van der Waals surface area contributed by atoms with E-state index in [1.54, 1.807) is 29.8 Å². The van der Waals surface area contributed by atoms with Crippen LogP contribution in [0.3, 0.4) is 0 Å². The van der Waals surface area contributed by atoms with E-state index in [-0.39, 0.29) is 17.1 Å². The monoisotopic (exact) mass is 515 g/mol. The van der Waals surface area contributed by atoms with Gasteiger partial charge in [-0.2, -0.15) is 4.31 Å². The van der Waals surface area contributed by atoms with Gasteiger partial charge >= 0.3 is 0 Å². The molecule has 2 aromatic rings. The highest BCUT2D eigenvalue weighted by Gasteiger charge is 2.31. The molecular formula is C27H37N3O5S. The van der Waals surface area contributed by atoms with Gasteiger partial charge in [0.25, 0.3) is 5.56 Å². The fourth-order valence-corrected chi connectivity index (χ4v) is 6.61. The summed E-state index contributed by atoms with van der Waals surface area (Å²) < 4.78 is 36.2. The quantitative estimate of drug-likeness (QED) is 0.521. The molecule has 1 saturated heterocycles. The average Bonchev–Trinajstić information content (AvgIpc) is 3.32. The first-order valence-electron chi connectivity index (χ1n) is 13.0. The average molecular weight is 516 g/mol. The Labute approximate surface area is 213 Å². The lowest BCUT2D eigenvalue weighted by atomic mass is 9.95. The summed E-state index contributed by atoms with van der Waals surface area (Å²) in [7, 11) is -1.94. The van der Waals surface area contributed by atoms with Crippen LogP contribution in [0.2, 0.25) is 0 Å². The highest BCUT2D eigenvalue weighted by Crippen LogP contribution is 2.35. The molecule has 1 aromatic heterocycles. The van der Waals surface area contributed by atoms with Crippen LogP contribution in [0.25, 0.3) is 0 Å². The van der Waals surface area contributed by atoms with Gasteiger partial charge in [-0.1, -0.05) is 20.3 Å². The Balaban J connectivity index is 1.71. The number of fused-ring (bicyclic) bond motifs is 1. The molecular weight excluding hydrogens is 478 g/mol. The molecule has 0 amide bonds. The molecule has 0 saturated carbocycles. The van der Waals surface area contributed by atoms with Gasteiger partial charge in [0.05, 0.1) is 22.9 Å². The van der Waals surface area contributed by atoms with Crippen LogP contribution in [0, 0.1) is 5.92 Å². The third-order valence-electron chi connectivity index (χ3n) is 7.10. The van der Waals surface area contributed by atoms with Crippen molar-refractivity contribution < 1.29 is 18.3 Å². The van der Waals surface area contributed by atoms with Gasteiger partial charge in [-0.05, 0) is 61.8 Å². The van der Waals surface area contributed by atoms with Crippen molar-refractivity contribution in [3.8, 4) is 5.75 Å². The summed E-state index contributed by atoms with van der Waals surface area (Å²) in [6, 6.07) is 4.98. The fraction of sp³-hybridized carbons (Fsp3) is 0.556. The molecule has 0 spiro atoms. The number of pyridine rings is 1. The van der Waals surface area contributed by atoms with Crippen molar-refractivity contribution >= 4 is 21.4 Å². The first-order chi connectivity index (χ1) is 17.3. The van der Waals surface area contributed by atoms with E-state index in [2.05, 4.69) is 6.92 Å². The summed E-state index contributed by atoms with van der Waals surface area (Å²) in [5, 5.41) is 9.21. The summed E-state index contributed by atoms with van der Waals surface area (Å²) >= 11 is 0. The topological polar surface area (TPSA) is 101 Å². The molecule has 2 aliphatic heterocycles. The molecule has 3 heterocycles. The molecule has 4 rings (SSSR count). The number of hydrogen-bond acceptors (Lipinski definition) is 6. The maximum absolute atomic E-state index is 13.5. The maximum atomic E-state index is 13.5. The normalized spacial score (nSPS) is 16.7. The largest absolute Gasteiger partial charge is 0.493 e. The molecule has 0 radical (unpaired) electrons. The minimum atomic E-state index is -3.69. The van der Waals surface area contributed by atoms with Crippen molar-refractivity contribution in [2.45, 2.75) is 63.7 Å². The number of nitrogens with zero attached hydrogens (tertiary/aromatic N) is 3. The molecule has 0 unspecified atom stereocenters. The van der Waals surface area contributed by atoms with Gasteiger partial charge in [-0.25, -0.2) is 8.42 Å². The van der Waals surface area contributed by atoms with E-state index in [0.29, 0.717) is 61.0 Å². The number of ether oxygens (including phenoxy) is 1. The second-order valence-electron chi connectivity index (χ2n) is 9.75. The predicted octanol–water partition coefficient (Wildman–Crippen LogP) is 3.59. The third-order valence-corrected chi connectivity index (χ3v) is 9.00. The van der Waals surface area contributed by atoms with Crippen molar-refractivity contribution in [1.82, 2.24) is 8.87 Å². The Hall–Kier alpha value is -2.49. The number of rotatable bonds is 10. The Morgan fingerprint density at radius 3 is 2.58 bits per heavy atom. The Bertz CT molecular complexity index is 1290. The van der Waals surface area contributed by atoms with Gasteiger partial charge in [0.15, 0.2) is 0 Å². The molecule has 1 aromatic carbocycles. The third kappa shape index (κ3) is 5.28. The van der Waals surface area contributed by atoms with Crippen molar-refractivity contribution in [3.05, 3.63) is 51.4 Å². The second kappa shape index (κ2) is 11.3. The van der Waals surface area contributed by atoms with E-state index in [9.17, 15) is 18.3 Å². The van der Waals surface area contributed by atoms with Crippen LogP contribution in [0.15, 0.2) is 39.1 Å². The lowest BCUT2D eigenvalue weighted by Gasteiger charge is -2.31. The van der Waals surface area contributed by atoms with Crippen LogP contribution in [-0.2, 0) is 29.9 Å². The molecule has 1 N–H and O–H groups in total. The number of hydrogen-bond donors (Lipinski definition) is 1. The van der Waals surface area contributed by atoms with Crippen molar-refractivity contribution in [2.24, 2.45) is 18.0 Å². The minimum absolute atomic E-state index is 0.0749. The van der Waals surface area contributed by atoms with Gasteiger partial charge in [-0.3, -0.25) is 9.79 Å². The van der Waals surface area contributed by atoms with Crippen molar-refractivity contribution in [2.75, 3.05) is 26.3 Å². The Kier molecular flexibility index (Phi) is 8.32. The zero-order chi connectivity index (χ0) is 25.9. The molecule has 196 valence electrons. The Morgan fingerprint density at radius 2 is 1.92 bits per heavy atom. The second-order valence-corrected chi connectivity index (χ2v) is 11.7. The van der Waals surface area contributed by atoms with Crippen molar-refractivity contribution in [1.29, 1.82) is 0 Å². The zero-order valence-electron chi connectivity index (χ0n) is 21.5. The van der Waals surface area contributed by atoms with Gasteiger partial charge in [-0.15, -0.1) is 0 Å². The Morgan fingerprint density at radius 1 is 1.17 bits per heavy atom. The summed E-state index contributed by atoms with van der Waals surface area (Å²) in [5.41, 5.74) is 3.61. The van der Waals surface area contributed by atoms with E-state index in [1.165, 1.54) is 4.31 Å². The van der Waals surface area contributed by atoms with Gasteiger partial charge in [0.2, 0.25) is 10.0 Å². The number of aromatic nitrogens is 1. The molecule has 0 bridgehead atoms. The summed E-state index contributed by atoms with van der Waals surface area (Å²) in [4.78, 5) is 18.0. The van der Waals surface area contributed by atoms with Crippen LogP contribution in [0.1, 0.15) is 62.6 Å². The van der Waals surface area contributed by atoms with E-state index in [1.807, 2.05) is 13.1 Å². The van der Waals surface area contributed by atoms with Gasteiger partial charge in [0.1, 0.15) is 5.75 Å². The van der Waals surface area contributed by atoms with Crippen molar-refractivity contribution in [3.63, 3.8) is 0 Å².